The van der Waals surface area contributed by atoms with Gasteiger partial charge < -0.3 is 33.5 Å². The molecule has 0 aromatic carbocycles. The fourth-order valence-corrected chi connectivity index (χ4v) is 10.4. The van der Waals surface area contributed by atoms with Crippen LogP contribution in [0.4, 0.5) is 0 Å². The van der Waals surface area contributed by atoms with E-state index in [0.29, 0.717) is 51.4 Å². The van der Waals surface area contributed by atoms with E-state index in [-0.39, 0.29) is 84.1 Å². The summed E-state index contributed by atoms with van der Waals surface area (Å²) in [5.74, 6) is -7.64. The van der Waals surface area contributed by atoms with Crippen molar-refractivity contribution in [2.24, 2.45) is 0 Å². The van der Waals surface area contributed by atoms with Crippen LogP contribution in [0.3, 0.4) is 0 Å². The third-order valence-electron chi connectivity index (χ3n) is 15.5. The van der Waals surface area contributed by atoms with Crippen molar-refractivity contribution < 1.29 is 86.2 Å². The molecule has 1 fully saturated rings. The number of ether oxygens (including phenoxy) is 6. The van der Waals surface area contributed by atoms with Crippen LogP contribution >= 0.6 is 0 Å². The maximum atomic E-state index is 14.9. The highest BCUT2D eigenvalue weighted by atomic mass is 16.8. The van der Waals surface area contributed by atoms with Crippen LogP contribution in [0.5, 0.6) is 0 Å². The molecular weight excluding hydrogens is 1080 g/mol. The van der Waals surface area contributed by atoms with Crippen LogP contribution in [0.15, 0.2) is 0 Å². The quantitative estimate of drug-likeness (QED) is 0.0196. The van der Waals surface area contributed by atoms with Crippen molar-refractivity contribution >= 4 is 53.9 Å². The van der Waals surface area contributed by atoms with Gasteiger partial charge in [0.25, 0.3) is 0 Å². The highest BCUT2D eigenvalue weighted by molar-refractivity contribution is 5.88. The zero-order valence-electron chi connectivity index (χ0n) is 53.0. The number of carboxylic acids is 1. The lowest BCUT2D eigenvalue weighted by molar-refractivity contribution is -0.948. The molecule has 0 saturated carbocycles. The summed E-state index contributed by atoms with van der Waals surface area (Å²) in [5.41, 5.74) is 0. The van der Waals surface area contributed by atoms with E-state index in [4.69, 9.17) is 38.4 Å². The van der Waals surface area contributed by atoms with E-state index in [9.17, 15) is 43.2 Å². The molecule has 0 spiro atoms. The standard InChI is InChI=1S/C66H115NO17/c1-5-9-13-17-21-25-29-33-37-45-58(73)80-62(55(69)43-42-50-78-51-52-79-53-57(71)72)63(81-59(74)46-38-34-30-26-22-18-14-10-6-2)64(82-60(75)47-39-35-31-27-23-19-15-11-7-3)65(66(77)84-67(54-68)49-41-44-56(67)70)83-61(76)48-40-36-32-28-24-20-16-12-8-4/h54,62-65H,5-53H2,1-4H3/p+1. The lowest BCUT2D eigenvalue weighted by Gasteiger charge is -2.35. The maximum absolute atomic E-state index is 14.9. The third kappa shape index (κ3) is 39.4. The van der Waals surface area contributed by atoms with Gasteiger partial charge in [0.2, 0.25) is 12.2 Å². The van der Waals surface area contributed by atoms with E-state index in [1.54, 1.807) is 0 Å². The van der Waals surface area contributed by atoms with Crippen LogP contribution in [0.2, 0.25) is 0 Å². The second-order valence-corrected chi connectivity index (χ2v) is 23.2. The summed E-state index contributed by atoms with van der Waals surface area (Å²) in [5, 5.41) is 8.94. The number of hydrogen-bond acceptors (Lipinski definition) is 16. The van der Waals surface area contributed by atoms with Crippen LogP contribution < -0.4 is 0 Å². The number of aliphatic carboxylic acids is 1. The molecule has 486 valence electrons. The largest absolute Gasteiger partial charge is 0.480 e. The van der Waals surface area contributed by atoms with Crippen molar-refractivity contribution in [1.29, 1.82) is 0 Å². The van der Waals surface area contributed by atoms with E-state index in [2.05, 4.69) is 27.7 Å². The van der Waals surface area contributed by atoms with Crippen molar-refractivity contribution in [1.82, 2.24) is 0 Å². The summed E-state index contributed by atoms with van der Waals surface area (Å²) in [6.07, 6.45) is 24.8. The zero-order chi connectivity index (χ0) is 61.7. The number of unbranched alkanes of at least 4 members (excludes halogenated alkanes) is 32. The molecule has 5 unspecified atom stereocenters. The fraction of sp³-hybridized carbons (Fsp3) is 0.864. The SMILES string of the molecule is CCCCCCCCCCCC(=O)OC(C(=O)CCCOCCOCC(=O)O)C(OC(=O)CCCCCCCCCCC)C(OC(=O)CCCCCCCCCCC)C(OC(=O)CCCCCCCCCCC)C(=O)O[N+]1(C=O)CCCC1=O. The maximum Gasteiger partial charge on any atom is 0.412 e. The number of amides is 2. The molecule has 1 heterocycles. The van der Waals surface area contributed by atoms with Gasteiger partial charge in [-0.15, -0.1) is 0 Å². The second kappa shape index (κ2) is 53.0. The summed E-state index contributed by atoms with van der Waals surface area (Å²) >= 11 is 0. The smallest absolute Gasteiger partial charge is 0.412 e. The number of hydrogen-bond donors (Lipinski definition) is 1. The number of Topliss-reactive ketones (excluding diaryl/α,β-unsaturated/α-hetero) is 1. The van der Waals surface area contributed by atoms with Gasteiger partial charge in [-0.3, -0.25) is 28.8 Å². The second-order valence-electron chi connectivity index (χ2n) is 23.2. The third-order valence-corrected chi connectivity index (χ3v) is 15.5. The average Bonchev–Trinajstić information content (AvgIpc) is 2.82. The monoisotopic (exact) mass is 1190 g/mol. The summed E-state index contributed by atoms with van der Waals surface area (Å²) in [4.78, 5) is 129. The Bertz CT molecular complexity index is 1780. The molecule has 1 aliphatic heterocycles. The Morgan fingerprint density at radius 3 is 1.11 bits per heavy atom. The molecule has 1 saturated heterocycles. The predicted octanol–water partition coefficient (Wildman–Crippen LogP) is 14.5. The Morgan fingerprint density at radius 2 is 0.762 bits per heavy atom. The molecule has 18 heteroatoms. The number of nitrogens with zero attached hydrogens (tertiary/aromatic N) is 1. The van der Waals surface area contributed by atoms with Gasteiger partial charge in [0.05, 0.1) is 19.6 Å². The molecule has 2 amide bonds. The summed E-state index contributed by atoms with van der Waals surface area (Å²) in [6.45, 7) is 7.86. The molecule has 0 radical (unpaired) electrons. The van der Waals surface area contributed by atoms with E-state index in [0.717, 1.165) is 148 Å². The van der Waals surface area contributed by atoms with E-state index in [1.807, 2.05) is 0 Å². The first-order valence-electron chi connectivity index (χ1n) is 33.6. The number of hydroxylamine groups is 3. The molecule has 0 aliphatic carbocycles. The highest BCUT2D eigenvalue weighted by Gasteiger charge is 2.54. The molecular formula is C66H116NO17+. The number of rotatable bonds is 60. The lowest BCUT2D eigenvalue weighted by atomic mass is 9.96. The topological polar surface area (TPSA) is 238 Å². The fourth-order valence-electron chi connectivity index (χ4n) is 10.4. The van der Waals surface area contributed by atoms with Crippen molar-refractivity contribution in [2.75, 3.05) is 33.0 Å². The van der Waals surface area contributed by atoms with Crippen LogP contribution in [0, 0.1) is 0 Å². The number of likely N-dealkylation sites (tertiary alicyclic amines) is 1. The Hall–Kier alpha value is -4.29. The van der Waals surface area contributed by atoms with Crippen LogP contribution in [-0.4, -0.2) is 121 Å². The van der Waals surface area contributed by atoms with E-state index >= 15 is 0 Å². The molecule has 5 atom stereocenters. The number of carbonyl (C=O) groups is 9. The molecule has 84 heavy (non-hydrogen) atoms. The van der Waals surface area contributed by atoms with Crippen LogP contribution in [0.1, 0.15) is 310 Å². The predicted molar refractivity (Wildman–Crippen MR) is 322 cm³/mol. The van der Waals surface area contributed by atoms with Gasteiger partial charge in [-0.05, 0) is 36.8 Å². The molecule has 0 aromatic rings. The normalized spacial score (nSPS) is 15.5. The average molecular weight is 1200 g/mol. The van der Waals surface area contributed by atoms with Gasteiger partial charge in [-0.2, -0.15) is 0 Å². The van der Waals surface area contributed by atoms with Crippen molar-refractivity contribution in [2.45, 2.75) is 335 Å². The van der Waals surface area contributed by atoms with Gasteiger partial charge in [0.15, 0.2) is 18.0 Å². The van der Waals surface area contributed by atoms with Crippen molar-refractivity contribution in [3.63, 3.8) is 0 Å². The Morgan fingerprint density at radius 1 is 0.429 bits per heavy atom. The highest BCUT2D eigenvalue weighted by Crippen LogP contribution is 2.28. The number of carboxylic acid groups (broad SMARTS) is 1. The van der Waals surface area contributed by atoms with Crippen molar-refractivity contribution in [3.05, 3.63) is 0 Å². The van der Waals surface area contributed by atoms with Gasteiger partial charge in [-0.25, -0.2) is 19.2 Å². The van der Waals surface area contributed by atoms with E-state index < -0.39 is 83.2 Å². The van der Waals surface area contributed by atoms with Crippen molar-refractivity contribution in [3.8, 4) is 0 Å². The summed E-state index contributed by atoms with van der Waals surface area (Å²) in [7, 11) is 0. The minimum absolute atomic E-state index is 0.00615. The number of carbonyl (C=O) groups excluding carboxylic acids is 8. The van der Waals surface area contributed by atoms with E-state index in [1.165, 1.54) is 32.1 Å². The number of imide groups is 1. The minimum atomic E-state index is -2.32. The van der Waals surface area contributed by atoms with Gasteiger partial charge >= 0.3 is 48.1 Å². The van der Waals surface area contributed by atoms with Gasteiger partial charge in [-0.1, -0.05) is 233 Å². The minimum Gasteiger partial charge on any atom is -0.480 e. The zero-order valence-corrected chi connectivity index (χ0v) is 53.0. The first-order chi connectivity index (χ1) is 40.8. The molecule has 1 aliphatic rings. The van der Waals surface area contributed by atoms with Gasteiger partial charge in [0.1, 0.15) is 13.2 Å². The Balaban J connectivity index is 3.93. The summed E-state index contributed by atoms with van der Waals surface area (Å²) in [6, 6.07) is 0. The molecule has 0 aromatic heterocycles. The number of esters is 4. The Kier molecular flexibility index (Phi) is 49.0. The van der Waals surface area contributed by atoms with Crippen LogP contribution in [-0.2, 0) is 76.4 Å². The van der Waals surface area contributed by atoms with Gasteiger partial charge in [0, 0.05) is 45.1 Å². The summed E-state index contributed by atoms with van der Waals surface area (Å²) < 4.78 is 33.8. The molecule has 18 nitrogen and oxygen atoms in total. The number of quaternary nitrogens is 1. The molecule has 1 rings (SSSR count). The molecule has 0 bridgehead atoms. The van der Waals surface area contributed by atoms with Crippen LogP contribution in [0.25, 0.3) is 0 Å². The first-order valence-corrected chi connectivity index (χ1v) is 33.6. The molecule has 1 N–H and O–H groups in total. The lowest BCUT2D eigenvalue weighted by Crippen LogP contribution is -2.59. The first kappa shape index (κ1) is 77.7. The Labute approximate surface area is 505 Å². The number of ketones is 1.